The minimum atomic E-state index is -2.45. The van der Waals surface area contributed by atoms with Crippen LogP contribution in [-0.4, -0.2) is 24.0 Å². The Hall–Kier alpha value is -0.220. The van der Waals surface area contributed by atoms with Gasteiger partial charge in [-0.3, -0.25) is 5.84 Å². The van der Waals surface area contributed by atoms with Crippen LogP contribution in [0.2, 0.25) is 0 Å². The second kappa shape index (κ2) is 2.14. The molecule has 11 heavy (non-hydrogen) atoms. The number of alkyl halides is 2. The van der Waals surface area contributed by atoms with Crippen molar-refractivity contribution in [2.45, 2.75) is 18.8 Å². The smallest absolute Gasteiger partial charge is 0.252 e. The average Bonchev–Trinajstić information content (AvgIpc) is 2.35. The van der Waals surface area contributed by atoms with E-state index in [9.17, 15) is 8.78 Å². The summed E-state index contributed by atoms with van der Waals surface area (Å²) in [7, 11) is 0. The minimum Gasteiger partial charge on any atom is -0.269 e. The molecule has 1 saturated carbocycles. The molecule has 1 aliphatic carbocycles. The maximum absolute atomic E-state index is 13.0. The summed E-state index contributed by atoms with van der Waals surface area (Å²) < 4.78 is 26.0. The van der Waals surface area contributed by atoms with Crippen LogP contribution in [0.4, 0.5) is 8.78 Å². The van der Waals surface area contributed by atoms with Gasteiger partial charge in [0.1, 0.15) is 0 Å². The van der Waals surface area contributed by atoms with Crippen molar-refractivity contribution >= 4 is 0 Å². The fourth-order valence-electron chi connectivity index (χ4n) is 2.24. The lowest BCUT2D eigenvalue weighted by atomic mass is 9.99. The molecule has 2 rings (SSSR count). The summed E-state index contributed by atoms with van der Waals surface area (Å²) in [6.45, 7) is 1.03. The molecule has 2 fully saturated rings. The number of nitrogens with zero attached hydrogens (tertiary/aromatic N) is 1. The lowest BCUT2D eigenvalue weighted by molar-refractivity contribution is -0.0398. The van der Waals surface area contributed by atoms with Gasteiger partial charge in [0.05, 0.1) is 0 Å². The van der Waals surface area contributed by atoms with E-state index in [0.29, 0.717) is 19.5 Å². The molecule has 1 aliphatic heterocycles. The van der Waals surface area contributed by atoms with E-state index >= 15 is 0 Å². The van der Waals surface area contributed by atoms with Crippen LogP contribution in [0.1, 0.15) is 12.8 Å². The fourth-order valence-corrected chi connectivity index (χ4v) is 2.24. The molecule has 2 unspecified atom stereocenters. The van der Waals surface area contributed by atoms with Crippen molar-refractivity contribution in [2.75, 3.05) is 13.1 Å². The third-order valence-corrected chi connectivity index (χ3v) is 2.86. The largest absolute Gasteiger partial charge is 0.269 e. The molecule has 1 saturated heterocycles. The van der Waals surface area contributed by atoms with Crippen molar-refractivity contribution in [1.82, 2.24) is 5.01 Å². The first-order valence-corrected chi connectivity index (χ1v) is 3.97. The first kappa shape index (κ1) is 7.43. The molecule has 0 amide bonds. The number of nitrogens with two attached hydrogens (primary N) is 1. The third-order valence-electron chi connectivity index (χ3n) is 2.86. The van der Waals surface area contributed by atoms with Crippen LogP contribution in [0.15, 0.2) is 0 Å². The molecular weight excluding hydrogens is 150 g/mol. The minimum absolute atomic E-state index is 0.0656. The second-order valence-corrected chi connectivity index (χ2v) is 3.62. The summed E-state index contributed by atoms with van der Waals surface area (Å²) in [6.07, 6.45) is 0.710. The van der Waals surface area contributed by atoms with E-state index in [1.165, 1.54) is 5.01 Å². The molecule has 64 valence electrons. The molecule has 1 heterocycles. The highest BCUT2D eigenvalue weighted by Gasteiger charge is 2.53. The van der Waals surface area contributed by atoms with Crippen LogP contribution in [0.3, 0.4) is 0 Å². The van der Waals surface area contributed by atoms with Crippen molar-refractivity contribution in [3.63, 3.8) is 0 Å². The number of fused-ring (bicyclic) bond motifs is 1. The van der Waals surface area contributed by atoms with Gasteiger partial charge in [-0.25, -0.2) is 13.8 Å². The molecule has 2 atom stereocenters. The van der Waals surface area contributed by atoms with Gasteiger partial charge >= 0.3 is 0 Å². The summed E-state index contributed by atoms with van der Waals surface area (Å²) in [5.74, 6) is 2.68. The normalized spacial score (nSPS) is 42.8. The predicted octanol–water partition coefficient (Wildman–Crippen LogP) is 0.837. The number of hydrogen-bond acceptors (Lipinski definition) is 2. The Morgan fingerprint density at radius 1 is 1.36 bits per heavy atom. The Balaban J connectivity index is 2.13. The van der Waals surface area contributed by atoms with Crippen LogP contribution < -0.4 is 5.84 Å². The average molecular weight is 162 g/mol. The van der Waals surface area contributed by atoms with E-state index in [-0.39, 0.29) is 12.3 Å². The van der Waals surface area contributed by atoms with Gasteiger partial charge in [-0.05, 0) is 12.3 Å². The molecule has 0 spiro atoms. The van der Waals surface area contributed by atoms with Gasteiger partial charge in [-0.15, -0.1) is 0 Å². The summed E-state index contributed by atoms with van der Waals surface area (Å²) in [5.41, 5.74) is 0. The van der Waals surface area contributed by atoms with Crippen LogP contribution in [0, 0.1) is 11.8 Å². The first-order valence-electron chi connectivity index (χ1n) is 3.97. The standard InChI is InChI=1S/C7H12F2N2/c8-7(9)2-1-5-3-11(10)4-6(5)7/h5-6H,1-4,10H2. The van der Waals surface area contributed by atoms with Gasteiger partial charge in [0, 0.05) is 25.4 Å². The Morgan fingerprint density at radius 2 is 2.09 bits per heavy atom. The summed E-state index contributed by atoms with van der Waals surface area (Å²) in [6, 6.07) is 0. The van der Waals surface area contributed by atoms with Gasteiger partial charge in [0.15, 0.2) is 0 Å². The molecule has 2 aliphatic rings. The van der Waals surface area contributed by atoms with Crippen LogP contribution >= 0.6 is 0 Å². The quantitative estimate of drug-likeness (QED) is 0.535. The molecule has 0 bridgehead atoms. The number of halogens is 2. The molecule has 2 N–H and O–H groups in total. The van der Waals surface area contributed by atoms with Gasteiger partial charge in [-0.2, -0.15) is 0 Å². The van der Waals surface area contributed by atoms with Crippen LogP contribution in [-0.2, 0) is 0 Å². The molecular formula is C7H12F2N2. The van der Waals surface area contributed by atoms with Crippen molar-refractivity contribution in [2.24, 2.45) is 17.7 Å². The molecule has 2 nitrogen and oxygen atoms in total. The SMILES string of the molecule is NN1CC2CCC(F)(F)C2C1. The highest BCUT2D eigenvalue weighted by Crippen LogP contribution is 2.47. The van der Waals surface area contributed by atoms with E-state index in [4.69, 9.17) is 5.84 Å². The highest BCUT2D eigenvalue weighted by molar-refractivity contribution is 4.96. The lowest BCUT2D eigenvalue weighted by Crippen LogP contribution is -2.32. The molecule has 0 radical (unpaired) electrons. The number of hydrogen-bond donors (Lipinski definition) is 1. The van der Waals surface area contributed by atoms with E-state index in [1.807, 2.05) is 0 Å². The first-order chi connectivity index (χ1) is 5.09. The van der Waals surface area contributed by atoms with Crippen molar-refractivity contribution in [1.29, 1.82) is 0 Å². The Bertz CT molecular complexity index is 172. The number of rotatable bonds is 0. The van der Waals surface area contributed by atoms with E-state index in [2.05, 4.69) is 0 Å². The summed E-state index contributed by atoms with van der Waals surface area (Å²) >= 11 is 0. The van der Waals surface area contributed by atoms with Crippen molar-refractivity contribution < 1.29 is 8.78 Å². The van der Waals surface area contributed by atoms with Crippen molar-refractivity contribution in [3.05, 3.63) is 0 Å². The zero-order valence-corrected chi connectivity index (χ0v) is 6.26. The van der Waals surface area contributed by atoms with Crippen LogP contribution in [0.25, 0.3) is 0 Å². The second-order valence-electron chi connectivity index (χ2n) is 3.62. The highest BCUT2D eigenvalue weighted by atomic mass is 19.3. The van der Waals surface area contributed by atoms with Gasteiger partial charge in [0.2, 0.25) is 0 Å². The summed E-state index contributed by atoms with van der Waals surface area (Å²) in [4.78, 5) is 0. The maximum Gasteiger partial charge on any atom is 0.252 e. The monoisotopic (exact) mass is 162 g/mol. The molecule has 0 aromatic rings. The Labute approximate surface area is 64.3 Å². The van der Waals surface area contributed by atoms with Gasteiger partial charge in [-0.1, -0.05) is 0 Å². The van der Waals surface area contributed by atoms with Gasteiger partial charge < -0.3 is 0 Å². The third kappa shape index (κ3) is 1.05. The van der Waals surface area contributed by atoms with Gasteiger partial charge in [0.25, 0.3) is 5.92 Å². The fraction of sp³-hybridized carbons (Fsp3) is 1.00. The summed E-state index contributed by atoms with van der Waals surface area (Å²) in [5, 5.41) is 1.52. The topological polar surface area (TPSA) is 29.3 Å². The zero-order valence-electron chi connectivity index (χ0n) is 6.26. The lowest BCUT2D eigenvalue weighted by Gasteiger charge is -2.17. The number of hydrazine groups is 1. The Morgan fingerprint density at radius 3 is 2.73 bits per heavy atom. The Kier molecular flexibility index (Phi) is 1.44. The predicted molar refractivity (Wildman–Crippen MR) is 36.9 cm³/mol. The molecule has 0 aromatic carbocycles. The van der Waals surface area contributed by atoms with E-state index in [1.54, 1.807) is 0 Å². The molecule has 4 heteroatoms. The zero-order chi connectivity index (χ0) is 8.06. The van der Waals surface area contributed by atoms with Crippen LogP contribution in [0.5, 0.6) is 0 Å². The maximum atomic E-state index is 13.0. The van der Waals surface area contributed by atoms with E-state index in [0.717, 1.165) is 0 Å². The molecule has 0 aromatic heterocycles. The van der Waals surface area contributed by atoms with E-state index < -0.39 is 11.8 Å². The van der Waals surface area contributed by atoms with Crippen molar-refractivity contribution in [3.8, 4) is 0 Å².